The Bertz CT molecular complexity index is 915. The molecule has 1 saturated heterocycles. The Kier molecular flexibility index (Phi) is 4.67. The van der Waals surface area contributed by atoms with E-state index in [4.69, 9.17) is 14.5 Å². The van der Waals surface area contributed by atoms with Crippen LogP contribution in [0.3, 0.4) is 0 Å². The van der Waals surface area contributed by atoms with Gasteiger partial charge < -0.3 is 9.47 Å². The molecular weight excluding hydrogens is 330 g/mol. The summed E-state index contributed by atoms with van der Waals surface area (Å²) in [5.41, 5.74) is 3.67. The molecule has 26 heavy (non-hydrogen) atoms. The zero-order valence-electron chi connectivity index (χ0n) is 14.7. The number of hydrogen-bond acceptors (Lipinski definition) is 5. The number of nitrogens with zero attached hydrogens (tertiary/aromatic N) is 3. The van der Waals surface area contributed by atoms with Gasteiger partial charge in [0.15, 0.2) is 11.3 Å². The maximum Gasteiger partial charge on any atom is 0.358 e. The van der Waals surface area contributed by atoms with Crippen LogP contribution in [0.15, 0.2) is 42.5 Å². The summed E-state index contributed by atoms with van der Waals surface area (Å²) in [6.45, 7) is 2.83. The Morgan fingerprint density at radius 1 is 1.27 bits per heavy atom. The number of fused-ring (bicyclic) bond motifs is 1. The van der Waals surface area contributed by atoms with Crippen molar-refractivity contribution in [3.8, 4) is 11.3 Å². The Labute approximate surface area is 151 Å². The first-order chi connectivity index (χ1) is 12.8. The van der Waals surface area contributed by atoms with Gasteiger partial charge in [-0.3, -0.25) is 0 Å². The monoisotopic (exact) mass is 351 g/mol. The second-order valence-corrected chi connectivity index (χ2v) is 6.31. The van der Waals surface area contributed by atoms with Crippen molar-refractivity contribution in [3.05, 3.63) is 53.9 Å². The van der Waals surface area contributed by atoms with Gasteiger partial charge in [0.25, 0.3) is 0 Å². The molecule has 2 aromatic heterocycles. The van der Waals surface area contributed by atoms with Crippen molar-refractivity contribution in [2.75, 3.05) is 13.2 Å². The number of hydrogen-bond donors (Lipinski definition) is 0. The Balaban J connectivity index is 1.85. The molecule has 6 heteroatoms. The number of esters is 1. The average molecular weight is 351 g/mol. The normalized spacial score (nSPS) is 17.3. The van der Waals surface area contributed by atoms with E-state index in [1.165, 1.54) is 0 Å². The standard InChI is InChI=1S/C20H21N3O3/c1-2-25-20(24)16-13-19-21-15(14-8-4-3-5-9-14)12-17(23(19)22-16)18-10-6-7-11-26-18/h3-5,8-9,12-13,18H,2,6-7,10-11H2,1H3. The summed E-state index contributed by atoms with van der Waals surface area (Å²) in [5, 5.41) is 4.44. The van der Waals surface area contributed by atoms with Gasteiger partial charge in [-0.25, -0.2) is 14.3 Å². The SMILES string of the molecule is CCOC(=O)c1cc2nc(-c3ccccc3)cc(C3CCCCO3)n2n1. The lowest BCUT2D eigenvalue weighted by molar-refractivity contribution is 0.0109. The smallest absolute Gasteiger partial charge is 0.358 e. The largest absolute Gasteiger partial charge is 0.461 e. The van der Waals surface area contributed by atoms with Crippen molar-refractivity contribution in [1.82, 2.24) is 14.6 Å². The number of rotatable bonds is 4. The van der Waals surface area contributed by atoms with E-state index in [0.29, 0.717) is 12.3 Å². The fourth-order valence-corrected chi connectivity index (χ4v) is 3.26. The third kappa shape index (κ3) is 3.20. The average Bonchev–Trinajstić information content (AvgIpc) is 3.13. The summed E-state index contributed by atoms with van der Waals surface area (Å²) in [7, 11) is 0. The van der Waals surface area contributed by atoms with Gasteiger partial charge in [0.05, 0.1) is 24.1 Å². The molecule has 134 valence electrons. The minimum absolute atomic E-state index is 0.0494. The first kappa shape index (κ1) is 16.7. The highest BCUT2D eigenvalue weighted by atomic mass is 16.5. The van der Waals surface area contributed by atoms with Crippen LogP contribution in [0.25, 0.3) is 16.9 Å². The van der Waals surface area contributed by atoms with Gasteiger partial charge in [-0.05, 0) is 32.3 Å². The molecule has 0 radical (unpaired) electrons. The van der Waals surface area contributed by atoms with Crippen LogP contribution in [0.1, 0.15) is 48.5 Å². The Hall–Kier alpha value is -2.73. The summed E-state index contributed by atoms with van der Waals surface area (Å²) in [6.07, 6.45) is 3.07. The molecule has 3 aromatic rings. The zero-order valence-corrected chi connectivity index (χ0v) is 14.7. The number of benzene rings is 1. The van der Waals surface area contributed by atoms with Gasteiger partial charge >= 0.3 is 5.97 Å². The Morgan fingerprint density at radius 2 is 2.12 bits per heavy atom. The van der Waals surface area contributed by atoms with E-state index >= 15 is 0 Å². The molecule has 1 atom stereocenters. The minimum atomic E-state index is -0.435. The molecule has 0 aliphatic carbocycles. The van der Waals surface area contributed by atoms with E-state index < -0.39 is 5.97 Å². The fourth-order valence-electron chi connectivity index (χ4n) is 3.26. The maximum absolute atomic E-state index is 12.1. The molecule has 0 N–H and O–H groups in total. The van der Waals surface area contributed by atoms with Crippen LogP contribution >= 0.6 is 0 Å². The predicted molar refractivity (Wildman–Crippen MR) is 96.9 cm³/mol. The van der Waals surface area contributed by atoms with Crippen molar-refractivity contribution in [2.24, 2.45) is 0 Å². The van der Waals surface area contributed by atoms with Crippen molar-refractivity contribution in [3.63, 3.8) is 0 Å². The van der Waals surface area contributed by atoms with E-state index in [0.717, 1.165) is 42.8 Å². The van der Waals surface area contributed by atoms with Crippen LogP contribution < -0.4 is 0 Å². The lowest BCUT2D eigenvalue weighted by Gasteiger charge is -2.23. The second kappa shape index (κ2) is 7.25. The molecule has 6 nitrogen and oxygen atoms in total. The molecule has 3 heterocycles. The molecule has 1 aliphatic heterocycles. The molecule has 4 rings (SSSR count). The van der Waals surface area contributed by atoms with Crippen LogP contribution in [0.5, 0.6) is 0 Å². The van der Waals surface area contributed by atoms with E-state index in [-0.39, 0.29) is 11.8 Å². The highest BCUT2D eigenvalue weighted by Crippen LogP contribution is 2.30. The molecule has 1 aromatic carbocycles. The van der Waals surface area contributed by atoms with Crippen LogP contribution in [-0.4, -0.2) is 33.8 Å². The molecule has 0 saturated carbocycles. The predicted octanol–water partition coefficient (Wildman–Crippen LogP) is 3.81. The van der Waals surface area contributed by atoms with Crippen LogP contribution in [0, 0.1) is 0 Å². The second-order valence-electron chi connectivity index (χ2n) is 6.31. The molecular formula is C20H21N3O3. The quantitative estimate of drug-likeness (QED) is 0.669. The van der Waals surface area contributed by atoms with E-state index in [2.05, 4.69) is 5.10 Å². The topological polar surface area (TPSA) is 65.7 Å². The molecule has 0 spiro atoms. The molecule has 1 unspecified atom stereocenters. The third-order valence-corrected chi connectivity index (χ3v) is 4.52. The van der Waals surface area contributed by atoms with Gasteiger partial charge in [-0.2, -0.15) is 5.10 Å². The summed E-state index contributed by atoms with van der Waals surface area (Å²) in [5.74, 6) is -0.435. The van der Waals surface area contributed by atoms with Crippen LogP contribution in [0.4, 0.5) is 0 Å². The van der Waals surface area contributed by atoms with Gasteiger partial charge in [-0.15, -0.1) is 0 Å². The highest BCUT2D eigenvalue weighted by Gasteiger charge is 2.23. The third-order valence-electron chi connectivity index (χ3n) is 4.52. The number of carbonyl (C=O) groups is 1. The lowest BCUT2D eigenvalue weighted by atomic mass is 10.0. The zero-order chi connectivity index (χ0) is 17.9. The van der Waals surface area contributed by atoms with Crippen molar-refractivity contribution in [1.29, 1.82) is 0 Å². The lowest BCUT2D eigenvalue weighted by Crippen LogP contribution is -2.16. The van der Waals surface area contributed by atoms with Gasteiger partial charge in [0.2, 0.25) is 0 Å². The van der Waals surface area contributed by atoms with Gasteiger partial charge in [-0.1, -0.05) is 30.3 Å². The first-order valence-corrected chi connectivity index (χ1v) is 9.01. The number of carbonyl (C=O) groups excluding carboxylic acids is 1. The van der Waals surface area contributed by atoms with Gasteiger partial charge in [0.1, 0.15) is 0 Å². The van der Waals surface area contributed by atoms with Crippen LogP contribution in [-0.2, 0) is 9.47 Å². The van der Waals surface area contributed by atoms with E-state index in [1.54, 1.807) is 17.5 Å². The molecule has 0 amide bonds. The first-order valence-electron chi connectivity index (χ1n) is 9.01. The van der Waals surface area contributed by atoms with Crippen molar-refractivity contribution in [2.45, 2.75) is 32.3 Å². The molecule has 0 bridgehead atoms. The molecule has 1 fully saturated rings. The van der Waals surface area contributed by atoms with E-state index in [9.17, 15) is 4.79 Å². The summed E-state index contributed by atoms with van der Waals surface area (Å²) >= 11 is 0. The van der Waals surface area contributed by atoms with Crippen molar-refractivity contribution >= 4 is 11.6 Å². The summed E-state index contributed by atoms with van der Waals surface area (Å²) in [6, 6.07) is 13.7. The van der Waals surface area contributed by atoms with E-state index in [1.807, 2.05) is 36.4 Å². The Morgan fingerprint density at radius 3 is 2.85 bits per heavy atom. The van der Waals surface area contributed by atoms with Gasteiger partial charge in [0, 0.05) is 18.2 Å². The van der Waals surface area contributed by atoms with Crippen LogP contribution in [0.2, 0.25) is 0 Å². The summed E-state index contributed by atoms with van der Waals surface area (Å²) in [4.78, 5) is 16.8. The van der Waals surface area contributed by atoms with Crippen molar-refractivity contribution < 1.29 is 14.3 Å². The number of aromatic nitrogens is 3. The highest BCUT2D eigenvalue weighted by molar-refractivity contribution is 5.88. The summed E-state index contributed by atoms with van der Waals surface area (Å²) < 4.78 is 12.8. The molecule has 1 aliphatic rings. The minimum Gasteiger partial charge on any atom is -0.461 e. The number of ether oxygens (including phenoxy) is 2. The maximum atomic E-state index is 12.1. The fraction of sp³-hybridized carbons (Fsp3) is 0.350.